The minimum absolute atomic E-state index is 0.174. The average molecular weight is 130 g/mol. The van der Waals surface area contributed by atoms with Crippen molar-refractivity contribution in [3.05, 3.63) is 12.7 Å². The second-order valence-electron chi connectivity index (χ2n) is 1.53. The first-order valence-electron chi connectivity index (χ1n) is 2.50. The van der Waals surface area contributed by atoms with Crippen molar-refractivity contribution in [2.24, 2.45) is 5.73 Å². The number of carbonyl (C=O) groups is 1. The number of hydrogen-bond acceptors (Lipinski definition) is 2. The normalized spacial score (nSPS) is 12.1. The highest BCUT2D eigenvalue weighted by molar-refractivity contribution is 5.72. The van der Waals surface area contributed by atoms with Gasteiger partial charge in [0.25, 0.3) is 0 Å². The quantitative estimate of drug-likeness (QED) is 0.437. The Kier molecular flexibility index (Phi) is 3.46. The van der Waals surface area contributed by atoms with Crippen LogP contribution in [0.4, 0.5) is 4.79 Å². The molecule has 52 valence electrons. The van der Waals surface area contributed by atoms with Crippen LogP contribution in [-0.2, 0) is 0 Å². The Morgan fingerprint density at radius 3 is 2.67 bits per heavy atom. The zero-order valence-electron chi connectivity index (χ0n) is 5.00. The van der Waals surface area contributed by atoms with Crippen LogP contribution >= 0.6 is 0 Å². The molecule has 0 unspecified atom stereocenters. The van der Waals surface area contributed by atoms with E-state index in [9.17, 15) is 4.79 Å². The Bertz CT molecular complexity index is 114. The van der Waals surface area contributed by atoms with Gasteiger partial charge in [-0.05, 0) is 0 Å². The lowest BCUT2D eigenvalue weighted by Crippen LogP contribution is -2.39. The molecule has 0 saturated heterocycles. The predicted molar refractivity (Wildman–Crippen MR) is 33.8 cm³/mol. The molecule has 4 nitrogen and oxygen atoms in total. The summed E-state index contributed by atoms with van der Waals surface area (Å²) >= 11 is 0. The third kappa shape index (κ3) is 3.54. The smallest absolute Gasteiger partial charge is 0.312 e. The van der Waals surface area contributed by atoms with E-state index in [0.29, 0.717) is 0 Å². The Morgan fingerprint density at radius 1 is 2.00 bits per heavy atom. The number of primary amides is 1. The predicted octanol–water partition coefficient (Wildman–Crippen LogP) is -0.798. The van der Waals surface area contributed by atoms with Crippen molar-refractivity contribution in [3.8, 4) is 0 Å². The number of urea groups is 1. The monoisotopic (exact) mass is 130 g/mol. The van der Waals surface area contributed by atoms with E-state index in [1.807, 2.05) is 0 Å². The molecule has 0 fully saturated rings. The molecule has 0 heterocycles. The summed E-state index contributed by atoms with van der Waals surface area (Å²) in [5.74, 6) is 0. The molecule has 2 amide bonds. The van der Waals surface area contributed by atoms with Gasteiger partial charge in [-0.3, -0.25) is 0 Å². The Balaban J connectivity index is 3.55. The zero-order chi connectivity index (χ0) is 7.28. The molecule has 9 heavy (non-hydrogen) atoms. The molecule has 0 aromatic carbocycles. The maximum absolute atomic E-state index is 10.1. The molecule has 0 saturated carbocycles. The van der Waals surface area contributed by atoms with E-state index >= 15 is 0 Å². The van der Waals surface area contributed by atoms with E-state index in [4.69, 9.17) is 10.8 Å². The van der Waals surface area contributed by atoms with Crippen LogP contribution in [0.5, 0.6) is 0 Å². The average Bonchev–Trinajstić information content (AvgIpc) is 1.82. The maximum atomic E-state index is 10.1. The molecule has 0 aliphatic rings. The van der Waals surface area contributed by atoms with Crippen molar-refractivity contribution in [3.63, 3.8) is 0 Å². The van der Waals surface area contributed by atoms with Crippen molar-refractivity contribution in [2.75, 3.05) is 6.61 Å². The lowest BCUT2D eigenvalue weighted by molar-refractivity contribution is 0.232. The second kappa shape index (κ2) is 3.91. The lowest BCUT2D eigenvalue weighted by Gasteiger charge is -2.07. The first-order valence-corrected chi connectivity index (χ1v) is 2.50. The van der Waals surface area contributed by atoms with Crippen molar-refractivity contribution in [1.29, 1.82) is 0 Å². The number of rotatable bonds is 3. The SMILES string of the molecule is C=C[C@H](CO)NC(N)=O. The van der Waals surface area contributed by atoms with Crippen LogP contribution in [0.25, 0.3) is 0 Å². The molecular formula is C5H10N2O2. The van der Waals surface area contributed by atoms with E-state index in [2.05, 4.69) is 11.9 Å². The summed E-state index contributed by atoms with van der Waals surface area (Å²) in [6, 6.07) is -1.09. The number of amides is 2. The Labute approximate surface area is 53.4 Å². The highest BCUT2D eigenvalue weighted by atomic mass is 16.3. The van der Waals surface area contributed by atoms with E-state index < -0.39 is 12.1 Å². The van der Waals surface area contributed by atoms with Crippen LogP contribution in [0, 0.1) is 0 Å². The number of carbonyl (C=O) groups excluding carboxylic acids is 1. The largest absolute Gasteiger partial charge is 0.394 e. The molecule has 4 heteroatoms. The summed E-state index contributed by atoms with van der Waals surface area (Å²) < 4.78 is 0. The number of hydrogen-bond donors (Lipinski definition) is 3. The van der Waals surface area contributed by atoms with E-state index in [1.54, 1.807) is 0 Å². The number of nitrogens with one attached hydrogen (secondary N) is 1. The van der Waals surface area contributed by atoms with Crippen molar-refractivity contribution < 1.29 is 9.90 Å². The molecule has 0 bridgehead atoms. The number of aliphatic hydroxyl groups is 1. The van der Waals surface area contributed by atoms with Gasteiger partial charge in [-0.1, -0.05) is 6.08 Å². The molecule has 0 aliphatic heterocycles. The van der Waals surface area contributed by atoms with Gasteiger partial charge in [0.05, 0.1) is 12.6 Å². The van der Waals surface area contributed by atoms with Gasteiger partial charge in [0, 0.05) is 0 Å². The van der Waals surface area contributed by atoms with Gasteiger partial charge in [-0.25, -0.2) is 4.79 Å². The van der Waals surface area contributed by atoms with Crippen LogP contribution in [0.15, 0.2) is 12.7 Å². The van der Waals surface area contributed by atoms with Gasteiger partial charge in [-0.2, -0.15) is 0 Å². The third-order valence-electron chi connectivity index (χ3n) is 0.809. The maximum Gasteiger partial charge on any atom is 0.312 e. The van der Waals surface area contributed by atoms with Gasteiger partial charge in [-0.15, -0.1) is 6.58 Å². The lowest BCUT2D eigenvalue weighted by atomic mass is 10.3. The highest BCUT2D eigenvalue weighted by Gasteiger charge is 2.01. The third-order valence-corrected chi connectivity index (χ3v) is 0.809. The van der Waals surface area contributed by atoms with Crippen LogP contribution in [-0.4, -0.2) is 23.8 Å². The van der Waals surface area contributed by atoms with Crippen LogP contribution in [0.2, 0.25) is 0 Å². The second-order valence-corrected chi connectivity index (χ2v) is 1.53. The molecule has 0 aliphatic carbocycles. The fourth-order valence-electron chi connectivity index (χ4n) is 0.362. The number of nitrogens with two attached hydrogens (primary N) is 1. The topological polar surface area (TPSA) is 75.3 Å². The standard InChI is InChI=1S/C5H10N2O2/c1-2-4(3-8)7-5(6)9/h2,4,8H,1,3H2,(H3,6,7,9)/t4-/m1/s1. The minimum Gasteiger partial charge on any atom is -0.394 e. The first-order chi connectivity index (χ1) is 4.20. The fraction of sp³-hybridized carbons (Fsp3) is 0.400. The fourth-order valence-corrected chi connectivity index (χ4v) is 0.362. The Morgan fingerprint density at radius 2 is 2.56 bits per heavy atom. The molecule has 0 radical (unpaired) electrons. The van der Waals surface area contributed by atoms with Gasteiger partial charge in [0.2, 0.25) is 0 Å². The minimum atomic E-state index is -0.658. The molecular weight excluding hydrogens is 120 g/mol. The van der Waals surface area contributed by atoms with Crippen LogP contribution in [0.1, 0.15) is 0 Å². The summed E-state index contributed by atoms with van der Waals surface area (Å²) in [7, 11) is 0. The highest BCUT2D eigenvalue weighted by Crippen LogP contribution is 1.79. The zero-order valence-corrected chi connectivity index (χ0v) is 5.00. The van der Waals surface area contributed by atoms with Gasteiger partial charge >= 0.3 is 6.03 Å². The van der Waals surface area contributed by atoms with Crippen molar-refractivity contribution in [2.45, 2.75) is 6.04 Å². The first kappa shape index (κ1) is 7.97. The molecule has 1 atom stereocenters. The van der Waals surface area contributed by atoms with E-state index in [-0.39, 0.29) is 6.61 Å². The van der Waals surface area contributed by atoms with Gasteiger partial charge in [0.1, 0.15) is 0 Å². The number of aliphatic hydroxyl groups excluding tert-OH is 1. The van der Waals surface area contributed by atoms with Crippen molar-refractivity contribution in [1.82, 2.24) is 5.32 Å². The molecule has 0 spiro atoms. The molecule has 0 aromatic rings. The van der Waals surface area contributed by atoms with Crippen molar-refractivity contribution >= 4 is 6.03 Å². The van der Waals surface area contributed by atoms with Gasteiger partial charge < -0.3 is 16.2 Å². The van der Waals surface area contributed by atoms with Gasteiger partial charge in [0.15, 0.2) is 0 Å². The van der Waals surface area contributed by atoms with Crippen LogP contribution < -0.4 is 11.1 Å². The summed E-state index contributed by atoms with van der Waals surface area (Å²) in [6.45, 7) is 3.18. The molecule has 0 aromatic heterocycles. The Hall–Kier alpha value is -1.03. The van der Waals surface area contributed by atoms with E-state index in [1.165, 1.54) is 6.08 Å². The summed E-state index contributed by atoms with van der Waals surface area (Å²) in [5, 5.41) is 10.7. The molecule has 4 N–H and O–H groups in total. The van der Waals surface area contributed by atoms with Crippen LogP contribution in [0.3, 0.4) is 0 Å². The van der Waals surface area contributed by atoms with E-state index in [0.717, 1.165) is 0 Å². The summed E-state index contributed by atoms with van der Waals surface area (Å²) in [4.78, 5) is 10.1. The molecule has 0 rings (SSSR count). The summed E-state index contributed by atoms with van der Waals surface area (Å²) in [6.07, 6.45) is 1.41. The summed E-state index contributed by atoms with van der Waals surface area (Å²) in [5.41, 5.74) is 4.74.